The summed E-state index contributed by atoms with van der Waals surface area (Å²) in [6.07, 6.45) is 4.42. The lowest BCUT2D eigenvalue weighted by molar-refractivity contribution is 0.0523. The van der Waals surface area contributed by atoms with Crippen LogP contribution in [0, 0.1) is 6.92 Å². The molecule has 0 aliphatic carbocycles. The number of hydrogen-bond donors (Lipinski definition) is 0. The zero-order valence-corrected chi connectivity index (χ0v) is 14.9. The smallest absolute Gasteiger partial charge is 0.435 e. The lowest BCUT2D eigenvalue weighted by Gasteiger charge is -2.19. The van der Waals surface area contributed by atoms with Crippen LogP contribution in [0.5, 0.6) is 5.75 Å². The van der Waals surface area contributed by atoms with E-state index in [2.05, 4.69) is 15.1 Å². The van der Waals surface area contributed by atoms with Crippen LogP contribution in [0.3, 0.4) is 0 Å². The standard InChI is InChI=1S/C18H20N4O3/c1-11-12-10-20-22(17(23)25-18(2,3)4)15(12)8-14(21-11)13-9-19-7-6-16(13)24-5/h6-10H,1-5H3. The number of hydrogen-bond acceptors (Lipinski definition) is 6. The largest absolute Gasteiger partial charge is 0.496 e. The third-order valence-electron chi connectivity index (χ3n) is 3.60. The molecule has 0 spiro atoms. The van der Waals surface area contributed by atoms with Gasteiger partial charge in [-0.05, 0) is 39.8 Å². The number of rotatable bonds is 2. The van der Waals surface area contributed by atoms with E-state index in [-0.39, 0.29) is 0 Å². The molecule has 130 valence electrons. The second kappa shape index (κ2) is 6.16. The Morgan fingerprint density at radius 1 is 1.24 bits per heavy atom. The fourth-order valence-electron chi connectivity index (χ4n) is 2.52. The number of fused-ring (bicyclic) bond motifs is 1. The van der Waals surface area contributed by atoms with Gasteiger partial charge in [-0.3, -0.25) is 9.97 Å². The van der Waals surface area contributed by atoms with Crippen molar-refractivity contribution in [1.82, 2.24) is 19.7 Å². The van der Waals surface area contributed by atoms with E-state index >= 15 is 0 Å². The SMILES string of the molecule is COc1ccncc1-c1cc2c(cnn2C(=O)OC(C)(C)C)c(C)n1. The Labute approximate surface area is 145 Å². The van der Waals surface area contributed by atoms with Crippen LogP contribution in [0.1, 0.15) is 26.5 Å². The number of methoxy groups -OCH3 is 1. The molecule has 3 aromatic heterocycles. The first-order valence-corrected chi connectivity index (χ1v) is 7.87. The molecule has 0 bridgehead atoms. The van der Waals surface area contributed by atoms with Crippen LogP contribution in [-0.2, 0) is 4.74 Å². The highest BCUT2D eigenvalue weighted by Gasteiger charge is 2.21. The normalized spacial score (nSPS) is 11.6. The highest BCUT2D eigenvalue weighted by Crippen LogP contribution is 2.30. The summed E-state index contributed by atoms with van der Waals surface area (Å²) < 4.78 is 12.1. The van der Waals surface area contributed by atoms with E-state index in [0.717, 1.165) is 16.6 Å². The molecule has 0 amide bonds. The molecule has 0 N–H and O–H groups in total. The van der Waals surface area contributed by atoms with E-state index in [1.54, 1.807) is 37.8 Å². The van der Waals surface area contributed by atoms with Gasteiger partial charge in [0.15, 0.2) is 0 Å². The summed E-state index contributed by atoms with van der Waals surface area (Å²) in [5.74, 6) is 0.657. The van der Waals surface area contributed by atoms with Gasteiger partial charge >= 0.3 is 6.09 Å². The maximum atomic E-state index is 12.4. The highest BCUT2D eigenvalue weighted by molar-refractivity contribution is 5.91. The van der Waals surface area contributed by atoms with Gasteiger partial charge in [-0.25, -0.2) is 4.79 Å². The first-order chi connectivity index (χ1) is 11.8. The van der Waals surface area contributed by atoms with E-state index < -0.39 is 11.7 Å². The number of ether oxygens (including phenoxy) is 2. The lowest BCUT2D eigenvalue weighted by atomic mass is 10.1. The Kier molecular flexibility index (Phi) is 4.16. The Bertz CT molecular complexity index is 941. The quantitative estimate of drug-likeness (QED) is 0.709. The number of nitrogens with zero attached hydrogens (tertiary/aromatic N) is 4. The van der Waals surface area contributed by atoms with E-state index in [1.807, 2.05) is 27.7 Å². The molecule has 0 saturated carbocycles. The number of carbonyl (C=O) groups is 1. The van der Waals surface area contributed by atoms with Crippen LogP contribution in [-0.4, -0.2) is 38.6 Å². The Morgan fingerprint density at radius 2 is 2.00 bits per heavy atom. The molecule has 25 heavy (non-hydrogen) atoms. The van der Waals surface area contributed by atoms with Gasteiger partial charge in [0, 0.05) is 23.5 Å². The lowest BCUT2D eigenvalue weighted by Crippen LogP contribution is -2.27. The maximum Gasteiger partial charge on any atom is 0.435 e. The van der Waals surface area contributed by atoms with Gasteiger partial charge < -0.3 is 9.47 Å². The third kappa shape index (κ3) is 3.31. The molecule has 0 unspecified atom stereocenters. The first-order valence-electron chi connectivity index (χ1n) is 7.87. The van der Waals surface area contributed by atoms with Gasteiger partial charge in [0.05, 0.1) is 30.1 Å². The van der Waals surface area contributed by atoms with Crippen molar-refractivity contribution in [2.45, 2.75) is 33.3 Å². The minimum Gasteiger partial charge on any atom is -0.496 e. The van der Waals surface area contributed by atoms with Crippen molar-refractivity contribution in [2.75, 3.05) is 7.11 Å². The van der Waals surface area contributed by atoms with Gasteiger partial charge in [0.1, 0.15) is 11.4 Å². The molecular formula is C18H20N4O3. The molecule has 3 aromatic rings. The van der Waals surface area contributed by atoms with Gasteiger partial charge in [-0.1, -0.05) is 0 Å². The van der Waals surface area contributed by atoms with Crippen LogP contribution < -0.4 is 4.74 Å². The Morgan fingerprint density at radius 3 is 2.68 bits per heavy atom. The summed E-state index contributed by atoms with van der Waals surface area (Å²) in [5, 5.41) is 4.96. The third-order valence-corrected chi connectivity index (χ3v) is 3.60. The topological polar surface area (TPSA) is 79.1 Å². The Balaban J connectivity index is 2.15. The average Bonchev–Trinajstić information content (AvgIpc) is 2.98. The first kappa shape index (κ1) is 16.9. The molecule has 0 aliphatic heterocycles. The van der Waals surface area contributed by atoms with E-state index in [0.29, 0.717) is 17.0 Å². The summed E-state index contributed by atoms with van der Waals surface area (Å²) in [5.41, 5.74) is 2.18. The molecule has 0 fully saturated rings. The van der Waals surface area contributed by atoms with Crippen LogP contribution >= 0.6 is 0 Å². The van der Waals surface area contributed by atoms with Gasteiger partial charge in [-0.2, -0.15) is 9.78 Å². The fourth-order valence-corrected chi connectivity index (χ4v) is 2.52. The molecule has 0 aromatic carbocycles. The van der Waals surface area contributed by atoms with Crippen LogP contribution in [0.25, 0.3) is 22.2 Å². The maximum absolute atomic E-state index is 12.4. The van der Waals surface area contributed by atoms with E-state index in [1.165, 1.54) is 4.68 Å². The second-order valence-electron chi connectivity index (χ2n) is 6.64. The van der Waals surface area contributed by atoms with Gasteiger partial charge in [0.25, 0.3) is 0 Å². The van der Waals surface area contributed by atoms with Gasteiger partial charge in [-0.15, -0.1) is 0 Å². The molecule has 7 nitrogen and oxygen atoms in total. The van der Waals surface area contributed by atoms with Crippen molar-refractivity contribution in [1.29, 1.82) is 0 Å². The number of carbonyl (C=O) groups excluding carboxylic acids is 1. The van der Waals surface area contributed by atoms with Crippen molar-refractivity contribution in [3.05, 3.63) is 36.4 Å². The zero-order valence-electron chi connectivity index (χ0n) is 14.9. The minimum absolute atomic E-state index is 0.530. The van der Waals surface area contributed by atoms with Crippen molar-refractivity contribution >= 4 is 17.0 Å². The monoisotopic (exact) mass is 340 g/mol. The highest BCUT2D eigenvalue weighted by atomic mass is 16.6. The molecule has 0 atom stereocenters. The van der Waals surface area contributed by atoms with Crippen LogP contribution in [0.2, 0.25) is 0 Å². The molecule has 7 heteroatoms. The fraction of sp³-hybridized carbons (Fsp3) is 0.333. The summed E-state index contributed by atoms with van der Waals surface area (Å²) in [6.45, 7) is 7.32. The minimum atomic E-state index is -0.604. The molecule has 0 saturated heterocycles. The average molecular weight is 340 g/mol. The van der Waals surface area contributed by atoms with Crippen molar-refractivity contribution in [2.24, 2.45) is 0 Å². The van der Waals surface area contributed by atoms with Crippen LogP contribution in [0.4, 0.5) is 4.79 Å². The second-order valence-corrected chi connectivity index (χ2v) is 6.64. The number of pyridine rings is 2. The van der Waals surface area contributed by atoms with E-state index in [9.17, 15) is 4.79 Å². The van der Waals surface area contributed by atoms with Crippen molar-refractivity contribution in [3.8, 4) is 17.0 Å². The predicted octanol–water partition coefficient (Wildman–Crippen LogP) is 3.59. The van der Waals surface area contributed by atoms with Crippen molar-refractivity contribution in [3.63, 3.8) is 0 Å². The predicted molar refractivity (Wildman–Crippen MR) is 93.7 cm³/mol. The summed E-state index contributed by atoms with van der Waals surface area (Å²) >= 11 is 0. The number of aryl methyl sites for hydroxylation is 1. The molecule has 3 rings (SSSR count). The zero-order chi connectivity index (χ0) is 18.2. The summed E-state index contributed by atoms with van der Waals surface area (Å²) in [7, 11) is 1.59. The van der Waals surface area contributed by atoms with Gasteiger partial charge in [0.2, 0.25) is 0 Å². The summed E-state index contributed by atoms with van der Waals surface area (Å²) in [6, 6.07) is 3.56. The molecule has 0 aliphatic rings. The van der Waals surface area contributed by atoms with Crippen molar-refractivity contribution < 1.29 is 14.3 Å². The Hall–Kier alpha value is -2.96. The number of aromatic nitrogens is 4. The van der Waals surface area contributed by atoms with E-state index in [4.69, 9.17) is 9.47 Å². The summed E-state index contributed by atoms with van der Waals surface area (Å²) in [4.78, 5) is 21.2. The molecule has 3 heterocycles. The van der Waals surface area contributed by atoms with Crippen LogP contribution in [0.15, 0.2) is 30.7 Å². The molecular weight excluding hydrogens is 320 g/mol. The molecule has 0 radical (unpaired) electrons.